The predicted octanol–water partition coefficient (Wildman–Crippen LogP) is 0.371. The van der Waals surface area contributed by atoms with Crippen molar-refractivity contribution in [3.05, 3.63) is 15.8 Å². The Morgan fingerprint density at radius 1 is 1.50 bits per heavy atom. The minimum Gasteiger partial charge on any atom is -0.326 e. The van der Waals surface area contributed by atoms with Gasteiger partial charge in [-0.1, -0.05) is 0 Å². The van der Waals surface area contributed by atoms with E-state index in [9.17, 15) is 16.8 Å². The third kappa shape index (κ3) is 3.22. The molecule has 1 aromatic heterocycles. The second-order valence-corrected chi connectivity index (χ2v) is 10.5. The summed E-state index contributed by atoms with van der Waals surface area (Å²) in [5.41, 5.74) is 4.58. The van der Waals surface area contributed by atoms with Crippen LogP contribution in [-0.2, 0) is 26.4 Å². The van der Waals surface area contributed by atoms with Gasteiger partial charge in [0.15, 0.2) is 9.84 Å². The first-order valence-electron chi connectivity index (χ1n) is 6.11. The Balaban J connectivity index is 2.30. The van der Waals surface area contributed by atoms with Crippen LogP contribution in [0.4, 0.5) is 0 Å². The molecule has 114 valence electrons. The molecule has 0 radical (unpaired) electrons. The van der Waals surface area contributed by atoms with Gasteiger partial charge in [-0.05, 0) is 26.3 Å². The van der Waals surface area contributed by atoms with Crippen molar-refractivity contribution in [1.29, 1.82) is 0 Å². The van der Waals surface area contributed by atoms with E-state index in [-0.39, 0.29) is 22.9 Å². The number of nitrogens with two attached hydrogens (primary N) is 1. The summed E-state index contributed by atoms with van der Waals surface area (Å²) in [4.78, 5) is 1.63. The third-order valence-corrected chi connectivity index (χ3v) is 8.17. The molecule has 0 saturated carbocycles. The zero-order chi connectivity index (χ0) is 15.2. The number of nitrogens with one attached hydrogen (secondary N) is 1. The van der Waals surface area contributed by atoms with Crippen molar-refractivity contribution in [2.75, 3.05) is 11.5 Å². The van der Waals surface area contributed by atoms with Gasteiger partial charge < -0.3 is 5.73 Å². The number of sulfone groups is 1. The summed E-state index contributed by atoms with van der Waals surface area (Å²) in [6, 6.07) is 1.55. The van der Waals surface area contributed by atoms with E-state index >= 15 is 0 Å². The van der Waals surface area contributed by atoms with Crippen LogP contribution in [0.25, 0.3) is 0 Å². The van der Waals surface area contributed by atoms with E-state index in [1.807, 2.05) is 0 Å². The van der Waals surface area contributed by atoms with Crippen molar-refractivity contribution < 1.29 is 16.8 Å². The lowest BCUT2D eigenvalue weighted by atomic mass is 10.0. The Morgan fingerprint density at radius 2 is 2.15 bits per heavy atom. The van der Waals surface area contributed by atoms with Crippen LogP contribution in [0.3, 0.4) is 0 Å². The van der Waals surface area contributed by atoms with Gasteiger partial charge in [-0.2, -0.15) is 0 Å². The molecular weight excluding hydrogens is 320 g/mol. The van der Waals surface area contributed by atoms with Gasteiger partial charge >= 0.3 is 0 Å². The molecular formula is C11H18N2O4S3. The highest BCUT2D eigenvalue weighted by molar-refractivity contribution is 7.92. The van der Waals surface area contributed by atoms with Crippen LogP contribution in [0.5, 0.6) is 0 Å². The molecule has 1 fully saturated rings. The SMILES string of the molecule is Cc1sc(CN)cc1S(=O)(=O)NC1(C)CCS(=O)(=O)C1. The van der Waals surface area contributed by atoms with E-state index in [0.717, 1.165) is 4.88 Å². The number of hydrogen-bond acceptors (Lipinski definition) is 6. The van der Waals surface area contributed by atoms with Gasteiger partial charge in [0.2, 0.25) is 10.0 Å². The monoisotopic (exact) mass is 338 g/mol. The number of thiophene rings is 1. The van der Waals surface area contributed by atoms with Crippen molar-refractivity contribution in [3.8, 4) is 0 Å². The fourth-order valence-electron chi connectivity index (χ4n) is 2.36. The van der Waals surface area contributed by atoms with Crippen molar-refractivity contribution in [2.45, 2.75) is 37.2 Å². The Hall–Kier alpha value is -0.480. The topological polar surface area (TPSA) is 106 Å². The molecule has 3 N–H and O–H groups in total. The summed E-state index contributed by atoms with van der Waals surface area (Å²) in [6.45, 7) is 3.62. The van der Waals surface area contributed by atoms with Crippen LogP contribution < -0.4 is 10.5 Å². The fraction of sp³-hybridized carbons (Fsp3) is 0.636. The molecule has 2 heterocycles. The van der Waals surface area contributed by atoms with Crippen LogP contribution in [0, 0.1) is 6.92 Å². The molecule has 1 saturated heterocycles. The average molecular weight is 338 g/mol. The Kier molecular flexibility index (Phi) is 4.02. The van der Waals surface area contributed by atoms with Crippen molar-refractivity contribution in [2.24, 2.45) is 5.73 Å². The minimum absolute atomic E-state index is 0.0166. The summed E-state index contributed by atoms with van der Waals surface area (Å²) in [7, 11) is -6.89. The molecule has 0 aromatic carbocycles. The molecule has 0 aliphatic carbocycles. The normalized spacial score (nSPS) is 25.9. The van der Waals surface area contributed by atoms with Gasteiger partial charge in [-0.25, -0.2) is 21.6 Å². The highest BCUT2D eigenvalue weighted by atomic mass is 32.2. The van der Waals surface area contributed by atoms with Crippen LogP contribution in [0.15, 0.2) is 11.0 Å². The van der Waals surface area contributed by atoms with Crippen LogP contribution in [0.1, 0.15) is 23.1 Å². The summed E-state index contributed by atoms with van der Waals surface area (Å²) >= 11 is 1.34. The maximum absolute atomic E-state index is 12.4. The molecule has 0 amide bonds. The third-order valence-electron chi connectivity index (χ3n) is 3.30. The van der Waals surface area contributed by atoms with E-state index in [2.05, 4.69) is 4.72 Å². The zero-order valence-electron chi connectivity index (χ0n) is 11.3. The molecule has 9 heteroatoms. The zero-order valence-corrected chi connectivity index (χ0v) is 13.8. The summed E-state index contributed by atoms with van der Waals surface area (Å²) < 4.78 is 50.4. The summed E-state index contributed by atoms with van der Waals surface area (Å²) in [6.07, 6.45) is 0.293. The lowest BCUT2D eigenvalue weighted by molar-refractivity contribution is 0.461. The molecule has 20 heavy (non-hydrogen) atoms. The number of aryl methyl sites for hydroxylation is 1. The minimum atomic E-state index is -3.73. The first kappa shape index (κ1) is 15.9. The molecule has 1 aromatic rings. The highest BCUT2D eigenvalue weighted by Crippen LogP contribution is 2.29. The smallest absolute Gasteiger partial charge is 0.242 e. The standard InChI is InChI=1S/C11H18N2O4S3/c1-8-10(5-9(6-12)18-8)20(16,17)13-11(2)3-4-19(14,15)7-11/h5,13H,3-4,6-7,12H2,1-2H3. The molecule has 0 bridgehead atoms. The molecule has 6 nitrogen and oxygen atoms in total. The van der Waals surface area contributed by atoms with Gasteiger partial charge in [-0.15, -0.1) is 11.3 Å². The predicted molar refractivity (Wildman–Crippen MR) is 78.9 cm³/mol. The largest absolute Gasteiger partial charge is 0.326 e. The average Bonchev–Trinajstić information content (AvgIpc) is 2.79. The summed E-state index contributed by atoms with van der Waals surface area (Å²) in [5.74, 6) is -0.144. The van der Waals surface area contributed by atoms with E-state index in [4.69, 9.17) is 5.73 Å². The Morgan fingerprint density at radius 3 is 2.60 bits per heavy atom. The van der Waals surface area contributed by atoms with E-state index in [0.29, 0.717) is 11.3 Å². The van der Waals surface area contributed by atoms with Gasteiger partial charge in [0.05, 0.1) is 16.4 Å². The highest BCUT2D eigenvalue weighted by Gasteiger charge is 2.41. The first-order valence-corrected chi connectivity index (χ1v) is 10.2. The quantitative estimate of drug-likeness (QED) is 0.825. The fourth-order valence-corrected chi connectivity index (χ4v) is 7.50. The Bertz CT molecular complexity index is 721. The van der Waals surface area contributed by atoms with E-state index in [1.54, 1.807) is 19.9 Å². The van der Waals surface area contributed by atoms with Gasteiger partial charge in [0.25, 0.3) is 0 Å². The first-order chi connectivity index (χ1) is 9.07. The molecule has 2 rings (SSSR count). The van der Waals surface area contributed by atoms with E-state index in [1.165, 1.54) is 11.3 Å². The van der Waals surface area contributed by atoms with E-state index < -0.39 is 25.4 Å². The molecule has 1 atom stereocenters. The van der Waals surface area contributed by atoms with Crippen molar-refractivity contribution in [1.82, 2.24) is 4.72 Å². The lowest BCUT2D eigenvalue weighted by Gasteiger charge is -2.23. The second kappa shape index (κ2) is 5.06. The lowest BCUT2D eigenvalue weighted by Crippen LogP contribution is -2.46. The second-order valence-electron chi connectivity index (χ2n) is 5.35. The maximum Gasteiger partial charge on any atom is 0.242 e. The van der Waals surface area contributed by atoms with Crippen molar-refractivity contribution in [3.63, 3.8) is 0 Å². The van der Waals surface area contributed by atoms with Gasteiger partial charge in [0, 0.05) is 21.8 Å². The number of sulfonamides is 1. The summed E-state index contributed by atoms with van der Waals surface area (Å²) in [5, 5.41) is 0. The number of hydrogen-bond donors (Lipinski definition) is 2. The maximum atomic E-state index is 12.4. The molecule has 1 aliphatic heterocycles. The molecule has 0 spiro atoms. The van der Waals surface area contributed by atoms with Crippen LogP contribution in [-0.4, -0.2) is 33.9 Å². The number of rotatable bonds is 4. The molecule has 1 unspecified atom stereocenters. The Labute approximate surface area is 123 Å². The van der Waals surface area contributed by atoms with Crippen LogP contribution >= 0.6 is 11.3 Å². The molecule has 1 aliphatic rings. The van der Waals surface area contributed by atoms with Crippen molar-refractivity contribution >= 4 is 31.2 Å². The van der Waals surface area contributed by atoms with Gasteiger partial charge in [-0.3, -0.25) is 0 Å². The van der Waals surface area contributed by atoms with Gasteiger partial charge in [0.1, 0.15) is 0 Å². The van der Waals surface area contributed by atoms with Crippen LogP contribution in [0.2, 0.25) is 0 Å².